The quantitative estimate of drug-likeness (QED) is 0.668. The number of carbonyl (C=O) groups excluding carboxylic acids is 2. The van der Waals surface area contributed by atoms with Gasteiger partial charge in [0.15, 0.2) is 11.8 Å². The highest BCUT2D eigenvalue weighted by Gasteiger charge is 2.38. The molecule has 150 valence electrons. The molecule has 2 heterocycles. The zero-order chi connectivity index (χ0) is 20.2. The van der Waals surface area contributed by atoms with Gasteiger partial charge < -0.3 is 14.2 Å². The van der Waals surface area contributed by atoms with E-state index in [0.29, 0.717) is 0 Å². The van der Waals surface area contributed by atoms with Gasteiger partial charge in [-0.3, -0.25) is 14.5 Å². The maximum absolute atomic E-state index is 14.7. The summed E-state index contributed by atoms with van der Waals surface area (Å²) < 4.78 is 25.5. The Labute approximate surface area is 167 Å². The molecule has 1 aromatic carbocycles. The van der Waals surface area contributed by atoms with Gasteiger partial charge in [0, 0.05) is 6.04 Å². The number of furan rings is 2. The van der Waals surface area contributed by atoms with Gasteiger partial charge in [0.1, 0.15) is 11.6 Å². The summed E-state index contributed by atoms with van der Waals surface area (Å²) in [6.07, 6.45) is 6.61. The zero-order valence-corrected chi connectivity index (χ0v) is 15.7. The summed E-state index contributed by atoms with van der Waals surface area (Å²) in [5.74, 6) is -1.45. The minimum atomic E-state index is -1.18. The second kappa shape index (κ2) is 8.34. The number of carbonyl (C=O) groups is 2. The van der Waals surface area contributed by atoms with Gasteiger partial charge in [-0.25, -0.2) is 4.39 Å². The number of rotatable bonds is 6. The first-order valence-corrected chi connectivity index (χ1v) is 9.60. The molecular weight excluding hydrogens is 375 g/mol. The number of amides is 2. The van der Waals surface area contributed by atoms with Crippen LogP contribution in [0.4, 0.5) is 10.1 Å². The molecule has 0 aliphatic heterocycles. The molecule has 1 atom stereocenters. The molecule has 7 heteroatoms. The normalized spacial score (nSPS) is 15.2. The second-order valence-electron chi connectivity index (χ2n) is 7.01. The van der Waals surface area contributed by atoms with Crippen LogP contribution >= 0.6 is 0 Å². The molecule has 2 amide bonds. The van der Waals surface area contributed by atoms with E-state index in [1.807, 2.05) is 0 Å². The van der Waals surface area contributed by atoms with Gasteiger partial charge in [-0.2, -0.15) is 0 Å². The van der Waals surface area contributed by atoms with Gasteiger partial charge in [-0.1, -0.05) is 25.0 Å². The van der Waals surface area contributed by atoms with E-state index in [2.05, 4.69) is 5.32 Å². The highest BCUT2D eigenvalue weighted by Crippen LogP contribution is 2.32. The maximum atomic E-state index is 14.7. The third-order valence-corrected chi connectivity index (χ3v) is 5.08. The monoisotopic (exact) mass is 396 g/mol. The number of benzene rings is 1. The molecule has 6 nitrogen and oxygen atoms in total. The minimum absolute atomic E-state index is 0.00141. The molecule has 1 saturated carbocycles. The van der Waals surface area contributed by atoms with Gasteiger partial charge >= 0.3 is 0 Å². The number of halogens is 1. The van der Waals surface area contributed by atoms with Gasteiger partial charge in [0.05, 0.1) is 18.2 Å². The topological polar surface area (TPSA) is 75.7 Å². The van der Waals surface area contributed by atoms with Crippen molar-refractivity contribution < 1.29 is 22.8 Å². The highest BCUT2D eigenvalue weighted by molar-refractivity contribution is 6.08. The fourth-order valence-corrected chi connectivity index (χ4v) is 3.70. The van der Waals surface area contributed by atoms with E-state index in [-0.39, 0.29) is 23.2 Å². The summed E-state index contributed by atoms with van der Waals surface area (Å²) in [6, 6.07) is 10.9. The van der Waals surface area contributed by atoms with Crippen molar-refractivity contribution in [3.63, 3.8) is 0 Å². The molecular formula is C22H21FN2O4. The fourth-order valence-electron chi connectivity index (χ4n) is 3.70. The highest BCUT2D eigenvalue weighted by atomic mass is 19.1. The third-order valence-electron chi connectivity index (χ3n) is 5.08. The lowest BCUT2D eigenvalue weighted by Gasteiger charge is -2.30. The standard InChI is InChI=1S/C22H21FN2O4/c23-16-9-3-4-10-17(16)25(22(27)19-12-6-14-29-19)20(18-11-5-13-28-18)21(26)24-15-7-1-2-8-15/h3-6,9-15,20H,1-2,7-8H2,(H,24,26). The molecule has 0 bridgehead atoms. The SMILES string of the molecule is O=C(NC1CCCC1)C(c1ccco1)N(C(=O)c1ccco1)c1ccccc1F. The Kier molecular flexibility index (Phi) is 5.46. The van der Waals surface area contributed by atoms with Crippen molar-refractivity contribution in [1.82, 2.24) is 5.32 Å². The van der Waals surface area contributed by atoms with E-state index >= 15 is 0 Å². The second-order valence-corrected chi connectivity index (χ2v) is 7.01. The van der Waals surface area contributed by atoms with Crippen LogP contribution < -0.4 is 10.2 Å². The molecule has 0 saturated heterocycles. The van der Waals surface area contributed by atoms with Crippen LogP contribution in [0.2, 0.25) is 0 Å². The lowest BCUT2D eigenvalue weighted by molar-refractivity contribution is -0.123. The van der Waals surface area contributed by atoms with Crippen LogP contribution in [0.25, 0.3) is 0 Å². The van der Waals surface area contributed by atoms with Gasteiger partial charge in [-0.05, 0) is 49.2 Å². The number of nitrogens with one attached hydrogen (secondary N) is 1. The summed E-state index contributed by atoms with van der Waals surface area (Å²) in [5, 5.41) is 2.99. The Hall–Kier alpha value is -3.35. The average Bonchev–Trinajstić information content (AvgIpc) is 3.49. The Balaban J connectivity index is 1.78. The van der Waals surface area contributed by atoms with E-state index < -0.39 is 23.7 Å². The van der Waals surface area contributed by atoms with Crippen LogP contribution in [0.15, 0.2) is 69.9 Å². The van der Waals surface area contributed by atoms with Gasteiger partial charge in [-0.15, -0.1) is 0 Å². The third kappa shape index (κ3) is 3.94. The smallest absolute Gasteiger partial charge is 0.295 e. The molecule has 1 aliphatic carbocycles. The first-order valence-electron chi connectivity index (χ1n) is 9.60. The molecule has 0 radical (unpaired) electrons. The lowest BCUT2D eigenvalue weighted by Crippen LogP contribution is -2.46. The van der Waals surface area contributed by atoms with E-state index in [1.54, 1.807) is 24.3 Å². The van der Waals surface area contributed by atoms with Crippen LogP contribution in [0.1, 0.15) is 48.0 Å². The number of anilines is 1. The first-order chi connectivity index (χ1) is 14.1. The number of nitrogens with zero attached hydrogens (tertiary/aromatic N) is 1. The molecule has 1 fully saturated rings. The van der Waals surface area contributed by atoms with Crippen LogP contribution in [0, 0.1) is 5.82 Å². The van der Waals surface area contributed by atoms with Gasteiger partial charge in [0.25, 0.3) is 11.8 Å². The Morgan fingerprint density at radius 3 is 2.38 bits per heavy atom. The average molecular weight is 396 g/mol. The summed E-state index contributed by atoms with van der Waals surface area (Å²) in [6.45, 7) is 0. The number of para-hydroxylation sites is 1. The summed E-state index contributed by atoms with van der Waals surface area (Å²) in [5.41, 5.74) is -0.0307. The van der Waals surface area contributed by atoms with Crippen molar-refractivity contribution in [3.8, 4) is 0 Å². The van der Waals surface area contributed by atoms with Crippen LogP contribution in [0.3, 0.4) is 0 Å². The molecule has 4 rings (SSSR count). The minimum Gasteiger partial charge on any atom is -0.467 e. The largest absolute Gasteiger partial charge is 0.467 e. The van der Waals surface area contributed by atoms with E-state index in [0.717, 1.165) is 30.6 Å². The molecule has 29 heavy (non-hydrogen) atoms. The molecule has 1 aliphatic rings. The molecule has 2 aromatic heterocycles. The molecule has 0 spiro atoms. The van der Waals surface area contributed by atoms with Crippen molar-refractivity contribution in [2.75, 3.05) is 4.90 Å². The lowest BCUT2D eigenvalue weighted by atomic mass is 10.1. The number of hydrogen-bond acceptors (Lipinski definition) is 4. The molecule has 1 unspecified atom stereocenters. The number of hydrogen-bond donors (Lipinski definition) is 1. The van der Waals surface area contributed by atoms with Gasteiger partial charge in [0.2, 0.25) is 0 Å². The Morgan fingerprint density at radius 1 is 1.00 bits per heavy atom. The van der Waals surface area contributed by atoms with Crippen LogP contribution in [-0.4, -0.2) is 17.9 Å². The predicted molar refractivity (Wildman–Crippen MR) is 104 cm³/mol. The van der Waals surface area contributed by atoms with Crippen molar-refractivity contribution in [3.05, 3.63) is 78.4 Å². The summed E-state index contributed by atoms with van der Waals surface area (Å²) in [7, 11) is 0. The summed E-state index contributed by atoms with van der Waals surface area (Å²) in [4.78, 5) is 27.7. The summed E-state index contributed by atoms with van der Waals surface area (Å²) >= 11 is 0. The van der Waals surface area contributed by atoms with Crippen molar-refractivity contribution in [1.29, 1.82) is 0 Å². The van der Waals surface area contributed by atoms with Crippen LogP contribution in [-0.2, 0) is 4.79 Å². The fraction of sp³-hybridized carbons (Fsp3) is 0.273. The van der Waals surface area contributed by atoms with E-state index in [4.69, 9.17) is 8.83 Å². The Morgan fingerprint density at radius 2 is 1.72 bits per heavy atom. The first kappa shape index (κ1) is 19.0. The van der Waals surface area contributed by atoms with Crippen LogP contribution in [0.5, 0.6) is 0 Å². The zero-order valence-electron chi connectivity index (χ0n) is 15.7. The Bertz CT molecular complexity index is 963. The predicted octanol–water partition coefficient (Wildman–Crippen LogP) is 4.46. The van der Waals surface area contributed by atoms with E-state index in [9.17, 15) is 14.0 Å². The van der Waals surface area contributed by atoms with Crippen molar-refractivity contribution in [2.24, 2.45) is 0 Å². The molecule has 3 aromatic rings. The van der Waals surface area contributed by atoms with Crippen molar-refractivity contribution >= 4 is 17.5 Å². The van der Waals surface area contributed by atoms with E-state index in [1.165, 1.54) is 36.8 Å². The van der Waals surface area contributed by atoms with Crippen molar-refractivity contribution in [2.45, 2.75) is 37.8 Å². The molecule has 1 N–H and O–H groups in total. The maximum Gasteiger partial charge on any atom is 0.295 e.